The fourth-order valence-electron chi connectivity index (χ4n) is 2.27. The predicted octanol–water partition coefficient (Wildman–Crippen LogP) is 3.38. The molecule has 3 aromatic rings. The van der Waals surface area contributed by atoms with Crippen molar-refractivity contribution in [3.8, 4) is 0 Å². The standard InChI is InChI=1S/C17H18N6/c1-4-7-20-17-22-15-14(18-8-9-19-15)16(23-17)21-13-6-5-11(2)10-12(13)3/h4-6,8-10H,1,7H2,2-3H3,(H2,19,20,21,22,23). The summed E-state index contributed by atoms with van der Waals surface area (Å²) in [7, 11) is 0. The van der Waals surface area contributed by atoms with Crippen molar-refractivity contribution in [1.29, 1.82) is 0 Å². The van der Waals surface area contributed by atoms with Crippen LogP contribution in [0, 0.1) is 13.8 Å². The van der Waals surface area contributed by atoms with E-state index in [-0.39, 0.29) is 0 Å². The van der Waals surface area contributed by atoms with Crippen molar-refractivity contribution in [2.45, 2.75) is 13.8 Å². The molecule has 23 heavy (non-hydrogen) atoms. The van der Waals surface area contributed by atoms with E-state index in [0.29, 0.717) is 29.5 Å². The van der Waals surface area contributed by atoms with E-state index in [4.69, 9.17) is 0 Å². The van der Waals surface area contributed by atoms with Crippen LogP contribution in [-0.2, 0) is 0 Å². The van der Waals surface area contributed by atoms with Gasteiger partial charge in [0.15, 0.2) is 17.0 Å². The molecule has 0 atom stereocenters. The minimum Gasteiger partial charge on any atom is -0.351 e. The Morgan fingerprint density at radius 1 is 1.13 bits per heavy atom. The van der Waals surface area contributed by atoms with E-state index in [1.165, 1.54) is 5.56 Å². The number of nitrogens with one attached hydrogen (secondary N) is 2. The van der Waals surface area contributed by atoms with E-state index < -0.39 is 0 Å². The highest BCUT2D eigenvalue weighted by Crippen LogP contribution is 2.25. The lowest BCUT2D eigenvalue weighted by Crippen LogP contribution is -2.07. The summed E-state index contributed by atoms with van der Waals surface area (Å²) in [6.07, 6.45) is 5.00. The molecule has 0 fully saturated rings. The Labute approximate surface area is 134 Å². The van der Waals surface area contributed by atoms with Crippen LogP contribution in [-0.4, -0.2) is 26.5 Å². The van der Waals surface area contributed by atoms with Crippen LogP contribution in [0.3, 0.4) is 0 Å². The van der Waals surface area contributed by atoms with E-state index in [1.807, 2.05) is 6.07 Å². The van der Waals surface area contributed by atoms with E-state index in [0.717, 1.165) is 11.3 Å². The fraction of sp³-hybridized carbons (Fsp3) is 0.176. The van der Waals surface area contributed by atoms with Gasteiger partial charge in [0.1, 0.15) is 0 Å². The smallest absolute Gasteiger partial charge is 0.227 e. The van der Waals surface area contributed by atoms with Crippen molar-refractivity contribution in [3.63, 3.8) is 0 Å². The van der Waals surface area contributed by atoms with E-state index in [2.05, 4.69) is 63.1 Å². The summed E-state index contributed by atoms with van der Waals surface area (Å²) >= 11 is 0. The van der Waals surface area contributed by atoms with Gasteiger partial charge in [0.25, 0.3) is 0 Å². The Balaban J connectivity index is 2.05. The summed E-state index contributed by atoms with van der Waals surface area (Å²) in [4.78, 5) is 17.5. The molecule has 0 unspecified atom stereocenters. The fourth-order valence-corrected chi connectivity index (χ4v) is 2.27. The second-order valence-corrected chi connectivity index (χ2v) is 5.24. The molecule has 116 valence electrons. The zero-order valence-corrected chi connectivity index (χ0v) is 13.2. The third-order valence-corrected chi connectivity index (χ3v) is 3.37. The van der Waals surface area contributed by atoms with Crippen molar-refractivity contribution < 1.29 is 0 Å². The topological polar surface area (TPSA) is 75.6 Å². The van der Waals surface area contributed by atoms with Gasteiger partial charge in [0.05, 0.1) is 0 Å². The largest absolute Gasteiger partial charge is 0.351 e. The van der Waals surface area contributed by atoms with Gasteiger partial charge in [0, 0.05) is 24.6 Å². The molecular formula is C17H18N6. The van der Waals surface area contributed by atoms with E-state index >= 15 is 0 Å². The van der Waals surface area contributed by atoms with Crippen LogP contribution in [0.4, 0.5) is 17.5 Å². The van der Waals surface area contributed by atoms with Crippen LogP contribution < -0.4 is 10.6 Å². The van der Waals surface area contributed by atoms with Crippen LogP contribution in [0.25, 0.3) is 11.2 Å². The van der Waals surface area contributed by atoms with E-state index in [9.17, 15) is 0 Å². The maximum absolute atomic E-state index is 4.51. The second kappa shape index (κ2) is 6.39. The van der Waals surface area contributed by atoms with Crippen molar-refractivity contribution in [3.05, 3.63) is 54.4 Å². The molecule has 0 aliphatic rings. The molecule has 6 nitrogen and oxygen atoms in total. The monoisotopic (exact) mass is 306 g/mol. The van der Waals surface area contributed by atoms with Gasteiger partial charge in [-0.3, -0.25) is 0 Å². The summed E-state index contributed by atoms with van der Waals surface area (Å²) in [6, 6.07) is 6.21. The van der Waals surface area contributed by atoms with Crippen molar-refractivity contribution in [2.24, 2.45) is 0 Å². The number of benzene rings is 1. The predicted molar refractivity (Wildman–Crippen MR) is 93.0 cm³/mol. The molecule has 0 amide bonds. The zero-order chi connectivity index (χ0) is 16.2. The average molecular weight is 306 g/mol. The first kappa shape index (κ1) is 14.9. The SMILES string of the molecule is C=CCNc1nc(Nc2ccc(C)cc2C)c2nccnc2n1. The number of nitrogens with zero attached hydrogens (tertiary/aromatic N) is 4. The Hall–Kier alpha value is -3.02. The maximum atomic E-state index is 4.51. The van der Waals surface area contributed by atoms with Gasteiger partial charge < -0.3 is 10.6 Å². The lowest BCUT2D eigenvalue weighted by molar-refractivity contribution is 1.11. The third-order valence-electron chi connectivity index (χ3n) is 3.37. The molecule has 0 spiro atoms. The molecule has 1 aromatic carbocycles. The van der Waals surface area contributed by atoms with Crippen LogP contribution in [0.1, 0.15) is 11.1 Å². The second-order valence-electron chi connectivity index (χ2n) is 5.24. The number of aromatic nitrogens is 4. The first-order valence-corrected chi connectivity index (χ1v) is 7.35. The van der Waals surface area contributed by atoms with Gasteiger partial charge in [-0.2, -0.15) is 9.97 Å². The Kier molecular flexibility index (Phi) is 4.14. The molecule has 0 aliphatic carbocycles. The molecule has 6 heteroatoms. The first-order valence-electron chi connectivity index (χ1n) is 7.35. The van der Waals surface area contributed by atoms with Crippen molar-refractivity contribution >= 4 is 28.6 Å². The lowest BCUT2D eigenvalue weighted by Gasteiger charge is -2.12. The summed E-state index contributed by atoms with van der Waals surface area (Å²) < 4.78 is 0. The molecule has 0 saturated carbocycles. The summed E-state index contributed by atoms with van der Waals surface area (Å²) in [5.41, 5.74) is 4.52. The molecule has 2 N–H and O–H groups in total. The molecule has 3 rings (SSSR count). The van der Waals surface area contributed by atoms with Gasteiger partial charge in [-0.05, 0) is 25.5 Å². The third kappa shape index (κ3) is 3.26. The van der Waals surface area contributed by atoms with Crippen molar-refractivity contribution in [2.75, 3.05) is 17.2 Å². The Bertz CT molecular complexity index is 859. The zero-order valence-electron chi connectivity index (χ0n) is 13.2. The van der Waals surface area contributed by atoms with Gasteiger partial charge in [-0.1, -0.05) is 23.8 Å². The van der Waals surface area contributed by atoms with Crippen LogP contribution in [0.5, 0.6) is 0 Å². The lowest BCUT2D eigenvalue weighted by atomic mass is 10.1. The number of fused-ring (bicyclic) bond motifs is 1. The van der Waals surface area contributed by atoms with Gasteiger partial charge in [-0.25, -0.2) is 9.97 Å². The average Bonchev–Trinajstić information content (AvgIpc) is 2.55. The highest BCUT2D eigenvalue weighted by Gasteiger charge is 2.10. The molecule has 0 saturated heterocycles. The van der Waals surface area contributed by atoms with Crippen LogP contribution in [0.15, 0.2) is 43.2 Å². The van der Waals surface area contributed by atoms with Crippen molar-refractivity contribution in [1.82, 2.24) is 19.9 Å². The number of hydrogen-bond donors (Lipinski definition) is 2. The van der Waals surface area contributed by atoms with Crippen LogP contribution in [0.2, 0.25) is 0 Å². The Morgan fingerprint density at radius 2 is 1.96 bits per heavy atom. The quantitative estimate of drug-likeness (QED) is 0.704. The summed E-state index contributed by atoms with van der Waals surface area (Å²) in [5.74, 6) is 1.12. The highest BCUT2D eigenvalue weighted by atomic mass is 15.2. The molecule has 0 aliphatic heterocycles. The summed E-state index contributed by atoms with van der Waals surface area (Å²) in [5, 5.41) is 6.43. The Morgan fingerprint density at radius 3 is 2.74 bits per heavy atom. The normalized spacial score (nSPS) is 10.5. The number of anilines is 3. The molecular weight excluding hydrogens is 288 g/mol. The minimum atomic E-state index is 0.491. The molecule has 2 heterocycles. The molecule has 0 bridgehead atoms. The molecule has 2 aromatic heterocycles. The number of hydrogen-bond acceptors (Lipinski definition) is 6. The maximum Gasteiger partial charge on any atom is 0.227 e. The first-order chi connectivity index (χ1) is 11.2. The van der Waals surface area contributed by atoms with E-state index in [1.54, 1.807) is 18.5 Å². The van der Waals surface area contributed by atoms with Gasteiger partial charge >= 0.3 is 0 Å². The minimum absolute atomic E-state index is 0.491. The summed E-state index contributed by atoms with van der Waals surface area (Å²) in [6.45, 7) is 8.39. The van der Waals surface area contributed by atoms with Gasteiger partial charge in [-0.15, -0.1) is 6.58 Å². The number of aryl methyl sites for hydroxylation is 2. The van der Waals surface area contributed by atoms with Crippen LogP contribution >= 0.6 is 0 Å². The molecule has 0 radical (unpaired) electrons. The highest BCUT2D eigenvalue weighted by molar-refractivity contribution is 5.86. The number of rotatable bonds is 5. The van der Waals surface area contributed by atoms with Gasteiger partial charge in [0.2, 0.25) is 5.95 Å².